The third-order valence-corrected chi connectivity index (χ3v) is 4.70. The van der Waals surface area contributed by atoms with E-state index in [4.69, 9.17) is 15.2 Å². The van der Waals surface area contributed by atoms with Gasteiger partial charge in [0.15, 0.2) is 0 Å². The number of nitrogens with zero attached hydrogens (tertiary/aromatic N) is 1. The molecule has 6 nitrogen and oxygen atoms in total. The van der Waals surface area contributed by atoms with Crippen LogP contribution in [0.2, 0.25) is 0 Å². The smallest absolute Gasteiger partial charge is 0.410 e. The predicted molar refractivity (Wildman–Crippen MR) is 91.4 cm³/mol. The monoisotopic (exact) mass is 340 g/mol. The lowest BCUT2D eigenvalue weighted by Gasteiger charge is -2.45. The van der Waals surface area contributed by atoms with Gasteiger partial charge in [0.05, 0.1) is 5.41 Å². The van der Waals surface area contributed by atoms with Crippen molar-refractivity contribution in [2.45, 2.75) is 90.5 Å². The zero-order chi connectivity index (χ0) is 18.3. The lowest BCUT2D eigenvalue weighted by Crippen LogP contribution is -2.57. The number of nitrogens with two attached hydrogens (primary N) is 1. The van der Waals surface area contributed by atoms with Gasteiger partial charge in [-0.15, -0.1) is 0 Å². The van der Waals surface area contributed by atoms with E-state index in [1.807, 2.05) is 46.4 Å². The van der Waals surface area contributed by atoms with E-state index in [1.165, 1.54) is 0 Å². The summed E-state index contributed by atoms with van der Waals surface area (Å²) in [6.45, 7) is 11.4. The molecule has 2 heterocycles. The maximum atomic E-state index is 12.8. The number of piperidine rings is 1. The highest BCUT2D eigenvalue weighted by atomic mass is 16.6. The molecule has 0 aliphatic carbocycles. The molecule has 2 bridgehead atoms. The summed E-state index contributed by atoms with van der Waals surface area (Å²) in [5.74, 6) is -0.238. The molecule has 6 heteroatoms. The van der Waals surface area contributed by atoms with Gasteiger partial charge in [0.2, 0.25) is 0 Å². The molecule has 2 unspecified atom stereocenters. The number of fused-ring (bicyclic) bond motifs is 2. The Hall–Kier alpha value is -1.30. The first-order valence-corrected chi connectivity index (χ1v) is 8.82. The molecule has 0 aromatic heterocycles. The number of rotatable bonds is 2. The van der Waals surface area contributed by atoms with Gasteiger partial charge < -0.3 is 20.1 Å². The molecular weight excluding hydrogens is 308 g/mol. The molecule has 2 N–H and O–H groups in total. The van der Waals surface area contributed by atoms with Crippen molar-refractivity contribution in [3.05, 3.63) is 0 Å². The van der Waals surface area contributed by atoms with Crippen LogP contribution in [-0.2, 0) is 14.3 Å². The van der Waals surface area contributed by atoms with Crippen LogP contribution in [0.5, 0.6) is 0 Å². The number of esters is 1. The van der Waals surface area contributed by atoms with Crippen LogP contribution in [0.3, 0.4) is 0 Å². The molecule has 2 fully saturated rings. The Morgan fingerprint density at radius 1 is 1.00 bits per heavy atom. The molecule has 0 radical (unpaired) electrons. The van der Waals surface area contributed by atoms with Crippen molar-refractivity contribution in [3.63, 3.8) is 0 Å². The first-order chi connectivity index (χ1) is 10.9. The molecule has 0 saturated carbocycles. The highest BCUT2D eigenvalue weighted by Gasteiger charge is 2.54. The summed E-state index contributed by atoms with van der Waals surface area (Å²) in [4.78, 5) is 27.1. The van der Waals surface area contributed by atoms with E-state index in [0.717, 1.165) is 12.8 Å². The highest BCUT2D eigenvalue weighted by Crippen LogP contribution is 2.46. The molecule has 2 saturated heterocycles. The summed E-state index contributed by atoms with van der Waals surface area (Å²) in [5.41, 5.74) is 4.24. The van der Waals surface area contributed by atoms with Crippen molar-refractivity contribution in [1.82, 2.24) is 4.90 Å². The molecule has 2 atom stereocenters. The standard InChI is InChI=1S/C18H32N2O4/c1-16(2,3)23-14(21)18(11-19)9-12-7-8-13(10-18)20(12)15(22)24-17(4,5)6/h12-13H,7-11,19H2,1-6H3. The van der Waals surface area contributed by atoms with Gasteiger partial charge in [0.1, 0.15) is 11.2 Å². The van der Waals surface area contributed by atoms with E-state index in [-0.39, 0.29) is 30.7 Å². The Labute approximate surface area is 145 Å². The Kier molecular flexibility index (Phi) is 4.92. The van der Waals surface area contributed by atoms with Crippen molar-refractivity contribution in [2.24, 2.45) is 11.1 Å². The largest absolute Gasteiger partial charge is 0.460 e. The van der Waals surface area contributed by atoms with Crippen LogP contribution in [-0.4, -0.2) is 46.8 Å². The SMILES string of the molecule is CC(C)(C)OC(=O)N1C2CCC1CC(CN)(C(=O)OC(C)(C)C)C2. The molecule has 0 aromatic carbocycles. The summed E-state index contributed by atoms with van der Waals surface area (Å²) in [6.07, 6.45) is 2.58. The second kappa shape index (κ2) is 6.21. The highest BCUT2D eigenvalue weighted by molar-refractivity contribution is 5.79. The first kappa shape index (κ1) is 19.0. The Balaban J connectivity index is 2.15. The van der Waals surface area contributed by atoms with Gasteiger partial charge in [0, 0.05) is 18.6 Å². The maximum absolute atomic E-state index is 12.8. The van der Waals surface area contributed by atoms with Gasteiger partial charge in [-0.05, 0) is 67.2 Å². The van der Waals surface area contributed by atoms with Gasteiger partial charge in [-0.3, -0.25) is 4.79 Å². The number of hydrogen-bond donors (Lipinski definition) is 1. The fourth-order valence-corrected chi connectivity index (χ4v) is 3.76. The van der Waals surface area contributed by atoms with Gasteiger partial charge in [-0.25, -0.2) is 4.79 Å². The summed E-state index contributed by atoms with van der Waals surface area (Å²) in [7, 11) is 0. The van der Waals surface area contributed by atoms with Crippen LogP contribution in [0.15, 0.2) is 0 Å². The summed E-state index contributed by atoms with van der Waals surface area (Å²) in [5, 5.41) is 0. The van der Waals surface area contributed by atoms with E-state index in [2.05, 4.69) is 0 Å². The fourth-order valence-electron chi connectivity index (χ4n) is 3.76. The van der Waals surface area contributed by atoms with Gasteiger partial charge in [-0.2, -0.15) is 0 Å². The van der Waals surface area contributed by atoms with Crippen LogP contribution < -0.4 is 5.73 Å². The average Bonchev–Trinajstić information content (AvgIpc) is 2.66. The third-order valence-electron chi connectivity index (χ3n) is 4.70. The molecule has 1 amide bonds. The number of carbonyl (C=O) groups excluding carboxylic acids is 2. The van der Waals surface area contributed by atoms with E-state index >= 15 is 0 Å². The minimum atomic E-state index is -0.697. The molecule has 0 aromatic rings. The molecule has 2 rings (SSSR count). The summed E-state index contributed by atoms with van der Waals surface area (Å²) in [6, 6.07) is -0.00987. The van der Waals surface area contributed by atoms with Gasteiger partial charge in [0.25, 0.3) is 0 Å². The molecule has 0 spiro atoms. The molecular formula is C18H32N2O4. The average molecular weight is 340 g/mol. The molecule has 24 heavy (non-hydrogen) atoms. The molecule has 2 aliphatic heterocycles. The van der Waals surface area contributed by atoms with Crippen molar-refractivity contribution >= 4 is 12.1 Å². The van der Waals surface area contributed by atoms with Crippen molar-refractivity contribution < 1.29 is 19.1 Å². The van der Waals surface area contributed by atoms with Crippen LogP contribution in [0.4, 0.5) is 4.79 Å². The number of ether oxygens (including phenoxy) is 2. The van der Waals surface area contributed by atoms with Crippen molar-refractivity contribution in [3.8, 4) is 0 Å². The minimum absolute atomic E-state index is 0.00494. The zero-order valence-electron chi connectivity index (χ0n) is 15.8. The Morgan fingerprint density at radius 2 is 1.46 bits per heavy atom. The maximum Gasteiger partial charge on any atom is 0.410 e. The quantitative estimate of drug-likeness (QED) is 0.782. The molecule has 2 aliphatic rings. The van der Waals surface area contributed by atoms with E-state index in [9.17, 15) is 9.59 Å². The van der Waals surface area contributed by atoms with Gasteiger partial charge >= 0.3 is 12.1 Å². The van der Waals surface area contributed by atoms with Crippen LogP contribution in [0.1, 0.15) is 67.2 Å². The third kappa shape index (κ3) is 4.02. The normalized spacial score (nSPS) is 30.2. The van der Waals surface area contributed by atoms with Gasteiger partial charge in [-0.1, -0.05) is 0 Å². The Bertz CT molecular complexity index is 490. The van der Waals surface area contributed by atoms with Crippen LogP contribution in [0, 0.1) is 5.41 Å². The minimum Gasteiger partial charge on any atom is -0.460 e. The summed E-state index contributed by atoms with van der Waals surface area (Å²) < 4.78 is 11.2. The lowest BCUT2D eigenvalue weighted by atomic mass is 9.74. The van der Waals surface area contributed by atoms with Crippen LogP contribution >= 0.6 is 0 Å². The van der Waals surface area contributed by atoms with Crippen molar-refractivity contribution in [1.29, 1.82) is 0 Å². The number of amides is 1. The molecule has 138 valence electrons. The number of carbonyl (C=O) groups is 2. The summed E-state index contributed by atoms with van der Waals surface area (Å²) >= 11 is 0. The van der Waals surface area contributed by atoms with E-state index < -0.39 is 16.6 Å². The topological polar surface area (TPSA) is 81.9 Å². The predicted octanol–water partition coefficient (Wildman–Crippen LogP) is 2.84. The van der Waals surface area contributed by atoms with Crippen LogP contribution in [0.25, 0.3) is 0 Å². The second-order valence-corrected chi connectivity index (χ2v) is 9.17. The van der Waals surface area contributed by atoms with Crippen molar-refractivity contribution in [2.75, 3.05) is 6.54 Å². The zero-order valence-corrected chi connectivity index (χ0v) is 15.8. The fraction of sp³-hybridized carbons (Fsp3) is 0.889. The Morgan fingerprint density at radius 3 is 1.83 bits per heavy atom. The number of hydrogen-bond acceptors (Lipinski definition) is 5. The van der Waals surface area contributed by atoms with E-state index in [1.54, 1.807) is 0 Å². The second-order valence-electron chi connectivity index (χ2n) is 9.17. The first-order valence-electron chi connectivity index (χ1n) is 8.82. The van der Waals surface area contributed by atoms with E-state index in [0.29, 0.717) is 12.8 Å². The lowest BCUT2D eigenvalue weighted by molar-refractivity contribution is -0.171.